The van der Waals surface area contributed by atoms with Gasteiger partial charge in [-0.15, -0.1) is 0 Å². The molecule has 2 aromatic carbocycles. The maximum absolute atomic E-state index is 11.9. The zero-order valence-electron chi connectivity index (χ0n) is 11.4. The van der Waals surface area contributed by atoms with Gasteiger partial charge in [0.15, 0.2) is 5.78 Å². The van der Waals surface area contributed by atoms with Crippen molar-refractivity contribution >= 4 is 17.4 Å². The van der Waals surface area contributed by atoms with Crippen molar-refractivity contribution in [2.24, 2.45) is 5.73 Å². The van der Waals surface area contributed by atoms with Crippen LogP contribution >= 0.6 is 0 Å². The van der Waals surface area contributed by atoms with Crippen molar-refractivity contribution < 1.29 is 19.2 Å². The summed E-state index contributed by atoms with van der Waals surface area (Å²) in [7, 11) is 0. The Morgan fingerprint density at radius 2 is 1.55 bits per heavy atom. The molecular weight excluding hydrogens is 288 g/mol. The maximum atomic E-state index is 11.9. The molecule has 0 radical (unpaired) electrons. The molecular formula is C15H12N2O5. The molecule has 0 saturated carbocycles. The standard InChI is InChI=1S/C15H12N2O5/c16-9-14(18)10-3-7-13(8-4-10)22-15(19)11-1-5-12(6-2-11)17(20)21/h1-8H,9,16H2. The first kappa shape index (κ1) is 15.3. The number of ketones is 1. The molecule has 0 heterocycles. The van der Waals surface area contributed by atoms with Gasteiger partial charge in [-0.3, -0.25) is 14.9 Å². The number of esters is 1. The first-order valence-corrected chi connectivity index (χ1v) is 6.31. The van der Waals surface area contributed by atoms with Crippen LogP contribution in [0.5, 0.6) is 5.75 Å². The SMILES string of the molecule is NCC(=O)c1ccc(OC(=O)c2ccc([N+](=O)[O-])cc2)cc1. The van der Waals surface area contributed by atoms with Crippen LogP contribution in [-0.4, -0.2) is 23.2 Å². The molecule has 7 nitrogen and oxygen atoms in total. The molecule has 7 heteroatoms. The number of hydrogen-bond donors (Lipinski definition) is 1. The molecule has 0 amide bonds. The number of Topliss-reactive ketones (excluding diaryl/α,β-unsaturated/α-hetero) is 1. The van der Waals surface area contributed by atoms with E-state index in [2.05, 4.69) is 0 Å². The highest BCUT2D eigenvalue weighted by atomic mass is 16.6. The molecule has 0 aliphatic rings. The molecule has 0 aliphatic heterocycles. The van der Waals surface area contributed by atoms with Gasteiger partial charge in [0.05, 0.1) is 17.0 Å². The fraction of sp³-hybridized carbons (Fsp3) is 0.0667. The maximum Gasteiger partial charge on any atom is 0.343 e. The van der Waals surface area contributed by atoms with Crippen molar-refractivity contribution in [2.75, 3.05) is 6.54 Å². The Bertz CT molecular complexity index is 708. The van der Waals surface area contributed by atoms with Crippen LogP contribution in [0.2, 0.25) is 0 Å². The number of ether oxygens (including phenoxy) is 1. The van der Waals surface area contributed by atoms with E-state index < -0.39 is 10.9 Å². The van der Waals surface area contributed by atoms with E-state index >= 15 is 0 Å². The zero-order valence-corrected chi connectivity index (χ0v) is 11.4. The smallest absolute Gasteiger partial charge is 0.343 e. The molecule has 112 valence electrons. The number of nitro groups is 1. The van der Waals surface area contributed by atoms with Crippen molar-refractivity contribution in [1.29, 1.82) is 0 Å². The van der Waals surface area contributed by atoms with Crippen molar-refractivity contribution in [1.82, 2.24) is 0 Å². The molecule has 0 spiro atoms. The second-order valence-electron chi connectivity index (χ2n) is 4.35. The third-order valence-corrected chi connectivity index (χ3v) is 2.89. The number of nitrogens with zero attached hydrogens (tertiary/aromatic N) is 1. The van der Waals surface area contributed by atoms with Crippen molar-refractivity contribution in [3.63, 3.8) is 0 Å². The Balaban J connectivity index is 2.08. The second kappa shape index (κ2) is 6.59. The van der Waals surface area contributed by atoms with Gasteiger partial charge in [0.25, 0.3) is 5.69 Å². The number of carbonyl (C=O) groups is 2. The predicted molar refractivity (Wildman–Crippen MR) is 77.9 cm³/mol. The molecule has 0 aromatic heterocycles. The minimum Gasteiger partial charge on any atom is -0.423 e. The number of hydrogen-bond acceptors (Lipinski definition) is 6. The lowest BCUT2D eigenvalue weighted by molar-refractivity contribution is -0.384. The number of rotatable bonds is 5. The van der Waals surface area contributed by atoms with Crippen LogP contribution in [-0.2, 0) is 0 Å². The molecule has 0 fully saturated rings. The van der Waals surface area contributed by atoms with Crippen molar-refractivity contribution in [2.45, 2.75) is 0 Å². The third-order valence-electron chi connectivity index (χ3n) is 2.89. The molecule has 0 saturated heterocycles. The van der Waals surface area contributed by atoms with E-state index in [9.17, 15) is 19.7 Å². The van der Waals surface area contributed by atoms with E-state index in [4.69, 9.17) is 10.5 Å². The van der Waals surface area contributed by atoms with Gasteiger partial charge in [0.1, 0.15) is 5.75 Å². The number of benzene rings is 2. The highest BCUT2D eigenvalue weighted by Crippen LogP contribution is 2.16. The Morgan fingerprint density at radius 3 is 2.05 bits per heavy atom. The zero-order chi connectivity index (χ0) is 16.1. The highest BCUT2D eigenvalue weighted by Gasteiger charge is 2.12. The molecule has 2 aromatic rings. The predicted octanol–water partition coefficient (Wildman–Crippen LogP) is 1.96. The fourth-order valence-electron chi connectivity index (χ4n) is 1.71. The summed E-state index contributed by atoms with van der Waals surface area (Å²) >= 11 is 0. The lowest BCUT2D eigenvalue weighted by Gasteiger charge is -2.05. The average molecular weight is 300 g/mol. The Labute approximate surface area is 125 Å². The molecule has 0 aliphatic carbocycles. The number of carbonyl (C=O) groups excluding carboxylic acids is 2. The van der Waals surface area contributed by atoms with Crippen LogP contribution in [0.15, 0.2) is 48.5 Å². The average Bonchev–Trinajstić information content (AvgIpc) is 2.54. The molecule has 0 bridgehead atoms. The van der Waals surface area contributed by atoms with Gasteiger partial charge in [-0.25, -0.2) is 4.79 Å². The second-order valence-corrected chi connectivity index (χ2v) is 4.35. The van der Waals surface area contributed by atoms with Crippen LogP contribution in [0.4, 0.5) is 5.69 Å². The minimum absolute atomic E-state index is 0.0953. The number of nitro benzene ring substituents is 1. The Kier molecular flexibility index (Phi) is 4.60. The van der Waals surface area contributed by atoms with E-state index in [-0.39, 0.29) is 29.3 Å². The minimum atomic E-state index is -0.646. The van der Waals surface area contributed by atoms with Gasteiger partial charge >= 0.3 is 5.97 Å². The highest BCUT2D eigenvalue weighted by molar-refractivity contribution is 5.97. The van der Waals surface area contributed by atoms with Crippen LogP contribution < -0.4 is 10.5 Å². The lowest BCUT2D eigenvalue weighted by Crippen LogP contribution is -2.13. The first-order chi connectivity index (χ1) is 10.5. The van der Waals surface area contributed by atoms with Crippen LogP contribution in [0.1, 0.15) is 20.7 Å². The summed E-state index contributed by atoms with van der Waals surface area (Å²) in [6, 6.07) is 11.0. The molecule has 2 rings (SSSR count). The number of non-ortho nitro benzene ring substituents is 1. The Hall–Kier alpha value is -3.06. The van der Waals surface area contributed by atoms with Gasteiger partial charge < -0.3 is 10.5 Å². The van der Waals surface area contributed by atoms with E-state index in [0.717, 1.165) is 0 Å². The Morgan fingerprint density at radius 1 is 1.00 bits per heavy atom. The monoisotopic (exact) mass is 300 g/mol. The van der Waals surface area contributed by atoms with Gasteiger partial charge in [0.2, 0.25) is 0 Å². The van der Waals surface area contributed by atoms with Crippen molar-refractivity contribution in [3.05, 3.63) is 69.8 Å². The van der Waals surface area contributed by atoms with Gasteiger partial charge in [-0.2, -0.15) is 0 Å². The summed E-state index contributed by atoms with van der Waals surface area (Å²) in [4.78, 5) is 33.2. The quantitative estimate of drug-likeness (QED) is 0.297. The largest absolute Gasteiger partial charge is 0.423 e. The molecule has 22 heavy (non-hydrogen) atoms. The molecule has 2 N–H and O–H groups in total. The fourth-order valence-corrected chi connectivity index (χ4v) is 1.71. The number of nitrogens with two attached hydrogens (primary N) is 1. The summed E-state index contributed by atoms with van der Waals surface area (Å²) in [5.41, 5.74) is 5.76. The van der Waals surface area contributed by atoms with Gasteiger partial charge in [0, 0.05) is 17.7 Å². The summed E-state index contributed by atoms with van der Waals surface area (Å²) in [5, 5.41) is 10.5. The van der Waals surface area contributed by atoms with Crippen LogP contribution in [0.25, 0.3) is 0 Å². The first-order valence-electron chi connectivity index (χ1n) is 6.31. The van der Waals surface area contributed by atoms with Gasteiger partial charge in [-0.05, 0) is 36.4 Å². The van der Waals surface area contributed by atoms with Crippen LogP contribution in [0, 0.1) is 10.1 Å². The van der Waals surface area contributed by atoms with E-state index in [1.807, 2.05) is 0 Å². The lowest BCUT2D eigenvalue weighted by atomic mass is 10.1. The van der Waals surface area contributed by atoms with Crippen molar-refractivity contribution in [3.8, 4) is 5.75 Å². The summed E-state index contributed by atoms with van der Waals surface area (Å²) in [6.07, 6.45) is 0. The summed E-state index contributed by atoms with van der Waals surface area (Å²) < 4.78 is 5.12. The summed E-state index contributed by atoms with van der Waals surface area (Å²) in [5.74, 6) is -0.599. The normalized spacial score (nSPS) is 10.0. The van der Waals surface area contributed by atoms with E-state index in [1.54, 1.807) is 0 Å². The van der Waals surface area contributed by atoms with E-state index in [1.165, 1.54) is 48.5 Å². The molecule has 0 atom stereocenters. The van der Waals surface area contributed by atoms with E-state index in [0.29, 0.717) is 5.56 Å². The third kappa shape index (κ3) is 3.53. The van der Waals surface area contributed by atoms with Crippen LogP contribution in [0.3, 0.4) is 0 Å². The topological polar surface area (TPSA) is 113 Å². The molecule has 0 unspecified atom stereocenters. The summed E-state index contributed by atoms with van der Waals surface area (Å²) in [6.45, 7) is -0.0953. The van der Waals surface area contributed by atoms with Gasteiger partial charge in [-0.1, -0.05) is 0 Å².